The molecule has 10 nitrogen and oxygen atoms in total. The van der Waals surface area contributed by atoms with Gasteiger partial charge in [-0.3, -0.25) is 24.4 Å². The molecule has 3 amide bonds. The first-order valence-corrected chi connectivity index (χ1v) is 11.3. The molecule has 1 aliphatic carbocycles. The second-order valence-electron chi connectivity index (χ2n) is 8.94. The van der Waals surface area contributed by atoms with Crippen molar-refractivity contribution in [2.45, 2.75) is 57.2 Å². The van der Waals surface area contributed by atoms with Crippen molar-refractivity contribution in [2.75, 3.05) is 0 Å². The van der Waals surface area contributed by atoms with E-state index in [1.165, 1.54) is 12.8 Å². The molecule has 0 radical (unpaired) electrons. The molecule has 168 valence electrons. The van der Waals surface area contributed by atoms with E-state index in [2.05, 4.69) is 20.7 Å². The van der Waals surface area contributed by atoms with E-state index in [9.17, 15) is 14.4 Å². The second kappa shape index (κ2) is 7.65. The molecule has 2 aromatic heterocycles. The van der Waals surface area contributed by atoms with E-state index < -0.39 is 11.9 Å². The summed E-state index contributed by atoms with van der Waals surface area (Å²) in [6.45, 7) is 0.323. The van der Waals surface area contributed by atoms with Crippen LogP contribution in [0, 0.1) is 0 Å². The number of nitrogens with zero attached hydrogens (tertiary/aromatic N) is 6. The van der Waals surface area contributed by atoms with Crippen LogP contribution in [-0.2, 0) is 16.1 Å². The van der Waals surface area contributed by atoms with Crippen molar-refractivity contribution >= 4 is 17.7 Å². The third kappa shape index (κ3) is 3.42. The molecule has 3 aromatic rings. The van der Waals surface area contributed by atoms with Gasteiger partial charge in [0, 0.05) is 30.3 Å². The van der Waals surface area contributed by atoms with E-state index in [1.807, 2.05) is 35.4 Å². The first-order valence-electron chi connectivity index (χ1n) is 11.3. The van der Waals surface area contributed by atoms with Gasteiger partial charge in [0.1, 0.15) is 11.7 Å². The number of hydrogen-bond acceptors (Lipinski definition) is 6. The van der Waals surface area contributed by atoms with E-state index in [0.29, 0.717) is 24.6 Å². The Labute approximate surface area is 189 Å². The molecule has 1 unspecified atom stereocenters. The Bertz CT molecular complexity index is 1270. The average molecular weight is 445 g/mol. The number of amides is 3. The molecule has 0 spiro atoms. The molecule has 33 heavy (non-hydrogen) atoms. The minimum atomic E-state index is -0.625. The summed E-state index contributed by atoms with van der Waals surface area (Å²) in [6, 6.07) is 5.33. The number of carbonyl (C=O) groups is 3. The lowest BCUT2D eigenvalue weighted by Crippen LogP contribution is -2.52. The monoisotopic (exact) mass is 445 g/mol. The van der Waals surface area contributed by atoms with Crippen LogP contribution in [0.3, 0.4) is 0 Å². The van der Waals surface area contributed by atoms with Crippen molar-refractivity contribution in [2.24, 2.45) is 0 Å². The topological polar surface area (TPSA) is 115 Å². The molecular weight excluding hydrogens is 422 g/mol. The third-order valence-corrected chi connectivity index (χ3v) is 6.86. The predicted octanol–water partition coefficient (Wildman–Crippen LogP) is 2.01. The van der Waals surface area contributed by atoms with Crippen LogP contribution in [-0.4, -0.2) is 53.4 Å². The lowest BCUT2D eigenvalue weighted by molar-refractivity contribution is -0.136. The lowest BCUT2D eigenvalue weighted by atomic mass is 10.0. The molecular formula is C23H23N7O3. The van der Waals surface area contributed by atoms with Crippen LogP contribution in [0.15, 0.2) is 36.8 Å². The van der Waals surface area contributed by atoms with Crippen LogP contribution in [0.5, 0.6) is 0 Å². The number of imide groups is 1. The molecule has 2 fully saturated rings. The van der Waals surface area contributed by atoms with Gasteiger partial charge in [-0.1, -0.05) is 18.1 Å². The van der Waals surface area contributed by atoms with Gasteiger partial charge in [-0.15, -0.1) is 5.10 Å². The van der Waals surface area contributed by atoms with Crippen molar-refractivity contribution in [1.29, 1.82) is 0 Å². The van der Waals surface area contributed by atoms with Gasteiger partial charge in [0.2, 0.25) is 11.8 Å². The van der Waals surface area contributed by atoms with Gasteiger partial charge in [0.15, 0.2) is 0 Å². The number of benzene rings is 1. The van der Waals surface area contributed by atoms with Gasteiger partial charge in [-0.05, 0) is 43.0 Å². The number of rotatable bonds is 4. The van der Waals surface area contributed by atoms with E-state index in [1.54, 1.807) is 15.6 Å². The molecule has 10 heteroatoms. The maximum absolute atomic E-state index is 12.9. The number of piperidine rings is 1. The molecule has 6 rings (SSSR count). The largest absolute Gasteiger partial charge is 0.322 e. The van der Waals surface area contributed by atoms with Gasteiger partial charge in [0.25, 0.3) is 5.91 Å². The van der Waals surface area contributed by atoms with Gasteiger partial charge < -0.3 is 4.90 Å². The molecule has 2 aliphatic heterocycles. The number of aromatic nitrogens is 5. The van der Waals surface area contributed by atoms with Gasteiger partial charge in [-0.25, -0.2) is 4.68 Å². The Hall–Kier alpha value is -3.82. The van der Waals surface area contributed by atoms with Crippen molar-refractivity contribution < 1.29 is 14.4 Å². The summed E-state index contributed by atoms with van der Waals surface area (Å²) < 4.78 is 3.72. The standard InChI is InChI=1S/C23H23N7O3/c31-21-8-7-20(22(32)25-21)28-11-14-9-17(5-6-18(14)23(28)33)30-13-19(26-27-30)15-10-24-29(12-15)16-3-1-2-4-16/h5-6,9-10,12-13,16,20H,1-4,7-8,11H2,(H,25,31,32). The molecule has 4 heterocycles. The molecule has 1 saturated heterocycles. The van der Waals surface area contributed by atoms with Gasteiger partial charge >= 0.3 is 0 Å². The molecule has 1 atom stereocenters. The summed E-state index contributed by atoms with van der Waals surface area (Å²) in [5.74, 6) is -0.894. The fourth-order valence-electron chi connectivity index (χ4n) is 5.06. The van der Waals surface area contributed by atoms with Crippen molar-refractivity contribution in [3.05, 3.63) is 47.9 Å². The van der Waals surface area contributed by atoms with Crippen LogP contribution >= 0.6 is 0 Å². The second-order valence-corrected chi connectivity index (χ2v) is 8.94. The average Bonchev–Trinajstić information content (AvgIpc) is 3.60. The zero-order chi connectivity index (χ0) is 22.5. The predicted molar refractivity (Wildman–Crippen MR) is 116 cm³/mol. The van der Waals surface area contributed by atoms with E-state index in [-0.39, 0.29) is 18.2 Å². The zero-order valence-electron chi connectivity index (χ0n) is 18.0. The normalized spacial score (nSPS) is 21.0. The van der Waals surface area contributed by atoms with Crippen LogP contribution in [0.2, 0.25) is 0 Å². The number of nitrogens with one attached hydrogen (secondary N) is 1. The van der Waals surface area contributed by atoms with E-state index >= 15 is 0 Å². The SMILES string of the molecule is O=C1CCC(N2Cc3cc(-n4cc(-c5cnn(C6CCCC6)c5)nn4)ccc3C2=O)C(=O)N1. The van der Waals surface area contributed by atoms with Crippen LogP contribution in [0.4, 0.5) is 0 Å². The smallest absolute Gasteiger partial charge is 0.255 e. The number of hydrogen-bond donors (Lipinski definition) is 1. The van der Waals surface area contributed by atoms with Crippen LogP contribution < -0.4 is 5.32 Å². The van der Waals surface area contributed by atoms with E-state index in [0.717, 1.165) is 35.3 Å². The summed E-state index contributed by atoms with van der Waals surface area (Å²) in [4.78, 5) is 38.1. The highest BCUT2D eigenvalue weighted by Gasteiger charge is 2.39. The molecule has 1 N–H and O–H groups in total. The minimum absolute atomic E-state index is 0.190. The van der Waals surface area contributed by atoms with Crippen LogP contribution in [0.25, 0.3) is 16.9 Å². The van der Waals surface area contributed by atoms with Gasteiger partial charge in [0.05, 0.1) is 24.1 Å². The fourth-order valence-corrected chi connectivity index (χ4v) is 5.06. The third-order valence-electron chi connectivity index (χ3n) is 6.86. The Morgan fingerprint density at radius 2 is 1.88 bits per heavy atom. The maximum Gasteiger partial charge on any atom is 0.255 e. The lowest BCUT2D eigenvalue weighted by Gasteiger charge is -2.29. The summed E-state index contributed by atoms with van der Waals surface area (Å²) in [5, 5.41) is 15.4. The van der Waals surface area contributed by atoms with Crippen molar-refractivity contribution in [1.82, 2.24) is 35.0 Å². The summed E-state index contributed by atoms with van der Waals surface area (Å²) >= 11 is 0. The van der Waals surface area contributed by atoms with Crippen LogP contribution in [0.1, 0.15) is 60.5 Å². The highest BCUT2D eigenvalue weighted by atomic mass is 16.2. The van der Waals surface area contributed by atoms with Crippen molar-refractivity contribution in [3.8, 4) is 16.9 Å². The number of carbonyl (C=O) groups excluding carboxylic acids is 3. The highest BCUT2D eigenvalue weighted by Crippen LogP contribution is 2.31. The quantitative estimate of drug-likeness (QED) is 0.615. The first kappa shape index (κ1) is 19.8. The Morgan fingerprint density at radius 1 is 1.03 bits per heavy atom. The highest BCUT2D eigenvalue weighted by molar-refractivity contribution is 6.05. The summed E-state index contributed by atoms with van der Waals surface area (Å²) in [7, 11) is 0. The Morgan fingerprint density at radius 3 is 2.70 bits per heavy atom. The summed E-state index contributed by atoms with van der Waals surface area (Å²) in [6.07, 6.45) is 11.1. The molecule has 0 bridgehead atoms. The fraction of sp³-hybridized carbons (Fsp3) is 0.391. The maximum atomic E-state index is 12.9. The molecule has 3 aliphatic rings. The minimum Gasteiger partial charge on any atom is -0.322 e. The Balaban J connectivity index is 1.22. The number of fused-ring (bicyclic) bond motifs is 1. The van der Waals surface area contributed by atoms with E-state index in [4.69, 9.17) is 0 Å². The zero-order valence-corrected chi connectivity index (χ0v) is 18.0. The first-order chi connectivity index (χ1) is 16.1. The van der Waals surface area contributed by atoms with Gasteiger partial charge in [-0.2, -0.15) is 5.10 Å². The summed E-state index contributed by atoms with van der Waals surface area (Å²) in [5.41, 5.74) is 3.85. The van der Waals surface area contributed by atoms with Crippen molar-refractivity contribution in [3.63, 3.8) is 0 Å². The Kier molecular flexibility index (Phi) is 4.60. The molecule has 1 aromatic carbocycles. The molecule has 1 saturated carbocycles.